The standard InChI is InChI=1S/C30H47N5O5S2/c1-8-21(5)15-27(36)35(6)25(20(3)4)17-26(40-30(38)31-9-2)29-34-24(19-41-29)28(37)33-23(18-32-42(7)39)16-22-13-11-10-12-14-22/h10-14,19-21,23,25-26,32H,8-9,15-18H2,1-7H3,(H,31,38)(H,33,37)/t21-,23-,25+,26+,42?/m0/s1. The molecule has 0 bridgehead atoms. The Labute approximate surface area is 257 Å². The van der Waals surface area contributed by atoms with Crippen molar-refractivity contribution in [2.24, 2.45) is 11.8 Å². The van der Waals surface area contributed by atoms with Crippen molar-refractivity contribution >= 4 is 40.6 Å². The molecule has 2 aromatic rings. The van der Waals surface area contributed by atoms with E-state index in [4.69, 9.17) is 4.74 Å². The van der Waals surface area contributed by atoms with E-state index in [1.807, 2.05) is 44.2 Å². The van der Waals surface area contributed by atoms with Gasteiger partial charge in [-0.1, -0.05) is 64.4 Å². The summed E-state index contributed by atoms with van der Waals surface area (Å²) < 4.78 is 20.4. The van der Waals surface area contributed by atoms with Crippen molar-refractivity contribution in [3.05, 3.63) is 52.0 Å². The average molecular weight is 622 g/mol. The second-order valence-electron chi connectivity index (χ2n) is 10.9. The molecule has 0 aliphatic heterocycles. The van der Waals surface area contributed by atoms with Gasteiger partial charge in [0.25, 0.3) is 5.91 Å². The highest BCUT2D eigenvalue weighted by molar-refractivity contribution is 7.88. The van der Waals surface area contributed by atoms with Gasteiger partial charge in [-0.2, -0.15) is 0 Å². The van der Waals surface area contributed by atoms with Gasteiger partial charge >= 0.3 is 6.09 Å². The molecule has 234 valence electrons. The molecule has 2 rings (SSSR count). The van der Waals surface area contributed by atoms with Crippen LogP contribution < -0.4 is 15.4 Å². The average Bonchev–Trinajstić information content (AvgIpc) is 3.44. The number of hydrogen-bond donors (Lipinski definition) is 3. The zero-order valence-corrected chi connectivity index (χ0v) is 27.5. The third-order valence-corrected chi connectivity index (χ3v) is 8.64. The van der Waals surface area contributed by atoms with Crippen LogP contribution in [0.1, 0.15) is 81.0 Å². The first-order valence-corrected chi connectivity index (χ1v) is 17.0. The quantitative estimate of drug-likeness (QED) is 0.222. The second-order valence-corrected chi connectivity index (χ2v) is 13.0. The van der Waals surface area contributed by atoms with Gasteiger partial charge in [-0.25, -0.2) is 9.78 Å². The van der Waals surface area contributed by atoms with Gasteiger partial charge in [-0.15, -0.1) is 16.1 Å². The van der Waals surface area contributed by atoms with Crippen LogP contribution in [0.15, 0.2) is 35.7 Å². The molecular formula is C30H47N5O5S2. The SMILES string of the molecule is CCNC(=O)O[C@H](C[C@H](C(C)C)N(C)C(=O)C[C@@H](C)CC)c1nc(C(=O)N[C@H](CN[S+](C)[O-])Cc2ccccc2)cs1. The van der Waals surface area contributed by atoms with E-state index in [1.54, 1.807) is 30.5 Å². The van der Waals surface area contributed by atoms with E-state index in [1.165, 1.54) is 11.3 Å². The van der Waals surface area contributed by atoms with Crippen molar-refractivity contribution in [2.45, 2.75) is 78.5 Å². The summed E-state index contributed by atoms with van der Waals surface area (Å²) in [7, 11) is 1.80. The third kappa shape index (κ3) is 11.9. The van der Waals surface area contributed by atoms with Gasteiger partial charge in [0.15, 0.2) is 6.10 Å². The number of hydrogen-bond acceptors (Lipinski definition) is 8. The normalized spacial score (nSPS) is 14.9. The molecule has 0 fully saturated rings. The molecule has 0 aliphatic carbocycles. The number of carbonyl (C=O) groups is 3. The Balaban J connectivity index is 2.26. The largest absolute Gasteiger partial charge is 0.598 e. The first-order chi connectivity index (χ1) is 19.9. The van der Waals surface area contributed by atoms with Gasteiger partial charge in [0.2, 0.25) is 5.91 Å². The molecule has 0 saturated heterocycles. The van der Waals surface area contributed by atoms with Crippen LogP contribution in [0.3, 0.4) is 0 Å². The minimum absolute atomic E-state index is 0.0464. The summed E-state index contributed by atoms with van der Waals surface area (Å²) >= 11 is 0.00684. The molecule has 0 saturated carbocycles. The maximum absolute atomic E-state index is 13.3. The molecule has 0 spiro atoms. The van der Waals surface area contributed by atoms with E-state index in [0.717, 1.165) is 12.0 Å². The number of benzene rings is 1. The molecular weight excluding hydrogens is 574 g/mol. The fourth-order valence-corrected chi connectivity index (χ4v) is 5.75. The predicted octanol–water partition coefficient (Wildman–Crippen LogP) is 4.46. The molecule has 0 aliphatic rings. The second kappa shape index (κ2) is 18.1. The summed E-state index contributed by atoms with van der Waals surface area (Å²) in [6, 6.07) is 9.20. The van der Waals surface area contributed by atoms with E-state index < -0.39 is 23.6 Å². The Hall–Kier alpha value is -2.67. The van der Waals surface area contributed by atoms with Gasteiger partial charge < -0.3 is 24.8 Å². The number of ether oxygens (including phenoxy) is 1. The van der Waals surface area contributed by atoms with Crippen molar-refractivity contribution in [2.75, 3.05) is 26.4 Å². The van der Waals surface area contributed by atoms with Gasteiger partial charge in [-0.05, 0) is 30.7 Å². The van der Waals surface area contributed by atoms with E-state index >= 15 is 0 Å². The van der Waals surface area contributed by atoms with Crippen LogP contribution in [0.2, 0.25) is 0 Å². The lowest BCUT2D eigenvalue weighted by Gasteiger charge is -2.34. The maximum atomic E-state index is 13.3. The summed E-state index contributed by atoms with van der Waals surface area (Å²) in [5.41, 5.74) is 1.24. The molecule has 12 heteroatoms. The Morgan fingerprint density at radius 1 is 1.14 bits per heavy atom. The number of nitrogens with one attached hydrogen (secondary N) is 3. The molecule has 1 unspecified atom stereocenters. The number of amides is 3. The smallest absolute Gasteiger partial charge is 0.407 e. The highest BCUT2D eigenvalue weighted by Crippen LogP contribution is 2.31. The number of aromatic nitrogens is 1. The van der Waals surface area contributed by atoms with Gasteiger partial charge in [0, 0.05) is 49.2 Å². The molecule has 5 atom stereocenters. The van der Waals surface area contributed by atoms with Crippen molar-refractivity contribution in [3.8, 4) is 0 Å². The zero-order valence-electron chi connectivity index (χ0n) is 25.8. The highest BCUT2D eigenvalue weighted by atomic mass is 32.2. The predicted molar refractivity (Wildman–Crippen MR) is 169 cm³/mol. The monoisotopic (exact) mass is 621 g/mol. The topological polar surface area (TPSA) is 136 Å². The Bertz CT molecular complexity index is 1110. The molecule has 1 heterocycles. The first-order valence-electron chi connectivity index (χ1n) is 14.5. The number of thiazole rings is 1. The number of rotatable bonds is 17. The lowest BCUT2D eigenvalue weighted by atomic mass is 9.95. The Kier molecular flexibility index (Phi) is 15.3. The summed E-state index contributed by atoms with van der Waals surface area (Å²) in [5, 5.41) is 7.79. The molecule has 1 aromatic heterocycles. The van der Waals surface area contributed by atoms with Crippen LogP contribution in [0.4, 0.5) is 4.79 Å². The molecule has 0 radical (unpaired) electrons. The fourth-order valence-electron chi connectivity index (χ4n) is 4.47. The summed E-state index contributed by atoms with van der Waals surface area (Å²) in [6.45, 7) is 10.7. The van der Waals surface area contributed by atoms with Crippen LogP contribution >= 0.6 is 11.3 Å². The van der Waals surface area contributed by atoms with E-state index in [2.05, 4.69) is 34.2 Å². The van der Waals surface area contributed by atoms with E-state index in [9.17, 15) is 18.9 Å². The molecule has 42 heavy (non-hydrogen) atoms. The molecule has 10 nitrogen and oxygen atoms in total. The Morgan fingerprint density at radius 2 is 1.83 bits per heavy atom. The van der Waals surface area contributed by atoms with Crippen LogP contribution in [0, 0.1) is 11.8 Å². The first kappa shape index (κ1) is 35.5. The molecule has 3 amide bonds. The van der Waals surface area contributed by atoms with Crippen LogP contribution in [-0.4, -0.2) is 70.8 Å². The van der Waals surface area contributed by atoms with Crippen LogP contribution in [0.5, 0.6) is 0 Å². The Morgan fingerprint density at radius 3 is 2.43 bits per heavy atom. The van der Waals surface area contributed by atoms with Gasteiger partial charge in [-0.3, -0.25) is 9.59 Å². The van der Waals surface area contributed by atoms with E-state index in [-0.39, 0.29) is 41.4 Å². The van der Waals surface area contributed by atoms with Crippen molar-refractivity contribution in [3.63, 3.8) is 0 Å². The number of nitrogens with zero attached hydrogens (tertiary/aromatic N) is 2. The highest BCUT2D eigenvalue weighted by Gasteiger charge is 2.31. The van der Waals surface area contributed by atoms with Gasteiger partial charge in [0.1, 0.15) is 17.0 Å². The number of alkyl carbamates (subject to hydrolysis) is 1. The summed E-state index contributed by atoms with van der Waals surface area (Å²) in [5.74, 6) is 0.0351. The van der Waals surface area contributed by atoms with Crippen molar-refractivity contribution in [1.82, 2.24) is 25.2 Å². The third-order valence-electron chi connectivity index (χ3n) is 7.13. The summed E-state index contributed by atoms with van der Waals surface area (Å²) in [6.07, 6.45) is 2.46. The van der Waals surface area contributed by atoms with Crippen molar-refractivity contribution < 1.29 is 23.7 Å². The minimum atomic E-state index is -1.23. The lowest BCUT2D eigenvalue weighted by molar-refractivity contribution is -0.134. The van der Waals surface area contributed by atoms with Crippen molar-refractivity contribution in [1.29, 1.82) is 0 Å². The minimum Gasteiger partial charge on any atom is -0.598 e. The molecule has 3 N–H and O–H groups in total. The molecule has 1 aromatic carbocycles. The fraction of sp³-hybridized carbons (Fsp3) is 0.600. The van der Waals surface area contributed by atoms with Crippen LogP contribution in [0.25, 0.3) is 0 Å². The van der Waals surface area contributed by atoms with Crippen LogP contribution in [-0.2, 0) is 27.3 Å². The van der Waals surface area contributed by atoms with Gasteiger partial charge in [0.05, 0.1) is 12.6 Å². The van der Waals surface area contributed by atoms with E-state index in [0.29, 0.717) is 37.4 Å². The number of carbonyl (C=O) groups excluding carboxylic acids is 3. The zero-order chi connectivity index (χ0) is 31.2. The maximum Gasteiger partial charge on any atom is 0.407 e. The summed E-state index contributed by atoms with van der Waals surface area (Å²) in [4.78, 5) is 45.1. The lowest BCUT2D eigenvalue weighted by Crippen LogP contribution is -2.44.